The fraction of sp³-hybridized carbons (Fsp3) is 0. The van der Waals surface area contributed by atoms with Crippen LogP contribution < -0.4 is 22.0 Å². The zero-order valence-corrected chi connectivity index (χ0v) is 11.6. The quantitative estimate of drug-likeness (QED) is 0.377. The number of carbonyl (C=O) groups excluding carboxylic acids is 2. The van der Waals surface area contributed by atoms with E-state index in [1.165, 1.54) is 0 Å². The Kier molecular flexibility index (Phi) is 5.09. The number of hydrazone groups is 1. The summed E-state index contributed by atoms with van der Waals surface area (Å²) < 4.78 is 0. The predicted octanol–water partition coefficient (Wildman–Crippen LogP) is 0.581. The van der Waals surface area contributed by atoms with Crippen molar-refractivity contribution < 1.29 is 9.59 Å². The molecule has 5 N–H and O–H groups in total. The Hall–Kier alpha value is -3.35. The van der Waals surface area contributed by atoms with Crippen molar-refractivity contribution in [3.05, 3.63) is 71.8 Å². The van der Waals surface area contributed by atoms with Gasteiger partial charge < -0.3 is 5.73 Å². The summed E-state index contributed by atoms with van der Waals surface area (Å²) >= 11 is 0. The van der Waals surface area contributed by atoms with Gasteiger partial charge in [0.2, 0.25) is 5.96 Å². The van der Waals surface area contributed by atoms with Gasteiger partial charge in [-0.15, -0.1) is 5.10 Å². The molecule has 2 aromatic rings. The average Bonchev–Trinajstić information content (AvgIpc) is 2.59. The minimum absolute atomic E-state index is 0.145. The molecule has 0 heterocycles. The summed E-state index contributed by atoms with van der Waals surface area (Å²) in [6.07, 6.45) is 0. The van der Waals surface area contributed by atoms with Crippen molar-refractivity contribution in [3.8, 4) is 0 Å². The second kappa shape index (κ2) is 7.44. The molecular weight excluding hydrogens is 282 g/mol. The summed E-state index contributed by atoms with van der Waals surface area (Å²) in [7, 11) is 0. The van der Waals surface area contributed by atoms with Gasteiger partial charge in [0, 0.05) is 11.1 Å². The molecule has 7 nitrogen and oxygen atoms in total. The molecule has 2 amide bonds. The zero-order valence-electron chi connectivity index (χ0n) is 11.6. The minimum Gasteiger partial charge on any atom is -0.367 e. The van der Waals surface area contributed by atoms with Crippen LogP contribution in [0, 0.1) is 0 Å². The molecule has 0 fully saturated rings. The van der Waals surface area contributed by atoms with Crippen LogP contribution in [0.25, 0.3) is 0 Å². The van der Waals surface area contributed by atoms with Crippen molar-refractivity contribution in [2.24, 2.45) is 10.8 Å². The highest BCUT2D eigenvalue weighted by Crippen LogP contribution is 1.97. The summed E-state index contributed by atoms with van der Waals surface area (Å²) in [5.41, 5.74) is 13.5. The third kappa shape index (κ3) is 4.34. The van der Waals surface area contributed by atoms with E-state index in [-0.39, 0.29) is 11.9 Å². The van der Waals surface area contributed by atoms with Crippen LogP contribution in [0.2, 0.25) is 0 Å². The lowest BCUT2D eigenvalue weighted by Gasteiger charge is -2.07. The van der Waals surface area contributed by atoms with Crippen molar-refractivity contribution in [1.29, 1.82) is 0 Å². The largest absolute Gasteiger partial charge is 0.367 e. The average molecular weight is 297 g/mol. The molecular formula is C15H15N5O2. The van der Waals surface area contributed by atoms with Gasteiger partial charge in [0.25, 0.3) is 11.8 Å². The number of nitrogens with zero attached hydrogens (tertiary/aromatic N) is 1. The van der Waals surface area contributed by atoms with E-state index in [2.05, 4.69) is 21.4 Å². The number of nitrogens with one attached hydrogen (secondary N) is 3. The van der Waals surface area contributed by atoms with E-state index >= 15 is 0 Å². The molecule has 0 spiro atoms. The molecule has 0 aromatic heterocycles. The predicted molar refractivity (Wildman–Crippen MR) is 82.6 cm³/mol. The highest BCUT2D eigenvalue weighted by atomic mass is 16.2. The normalized spacial score (nSPS) is 10.6. The fourth-order valence-electron chi connectivity index (χ4n) is 1.58. The monoisotopic (exact) mass is 297 g/mol. The molecule has 0 saturated heterocycles. The van der Waals surface area contributed by atoms with Gasteiger partial charge in [-0.05, 0) is 24.3 Å². The highest BCUT2D eigenvalue weighted by Gasteiger charge is 2.05. The Morgan fingerprint density at radius 2 is 1.27 bits per heavy atom. The van der Waals surface area contributed by atoms with Gasteiger partial charge in [0.1, 0.15) is 0 Å². The number of nitrogens with two attached hydrogens (primary N) is 1. The molecule has 0 unspecified atom stereocenters. The summed E-state index contributed by atoms with van der Waals surface area (Å²) in [6, 6.07) is 17.2. The number of carbonyl (C=O) groups is 2. The van der Waals surface area contributed by atoms with Gasteiger partial charge in [-0.1, -0.05) is 36.4 Å². The highest BCUT2D eigenvalue weighted by molar-refractivity contribution is 5.96. The number of amides is 2. The van der Waals surface area contributed by atoms with E-state index < -0.39 is 5.91 Å². The van der Waals surface area contributed by atoms with Crippen LogP contribution in [0.3, 0.4) is 0 Å². The van der Waals surface area contributed by atoms with Crippen LogP contribution in [0.1, 0.15) is 20.7 Å². The van der Waals surface area contributed by atoms with Gasteiger partial charge >= 0.3 is 0 Å². The number of hydrogen-bond acceptors (Lipinski definition) is 3. The maximum absolute atomic E-state index is 11.7. The fourth-order valence-corrected chi connectivity index (χ4v) is 1.58. The van der Waals surface area contributed by atoms with Gasteiger partial charge in [-0.3, -0.25) is 20.4 Å². The molecule has 0 radical (unpaired) electrons. The van der Waals surface area contributed by atoms with E-state index in [4.69, 9.17) is 5.73 Å². The van der Waals surface area contributed by atoms with Crippen LogP contribution in [0.5, 0.6) is 0 Å². The maximum atomic E-state index is 11.7. The molecule has 2 rings (SSSR count). The molecule has 7 heteroatoms. The topological polar surface area (TPSA) is 109 Å². The van der Waals surface area contributed by atoms with Crippen molar-refractivity contribution in [2.75, 3.05) is 0 Å². The molecule has 0 aliphatic rings. The van der Waals surface area contributed by atoms with E-state index in [0.717, 1.165) is 0 Å². The Balaban J connectivity index is 1.83. The van der Waals surface area contributed by atoms with Gasteiger partial charge in [0.05, 0.1) is 0 Å². The summed E-state index contributed by atoms with van der Waals surface area (Å²) in [6.45, 7) is 0. The Labute approximate surface area is 127 Å². The number of guanidine groups is 1. The molecule has 112 valence electrons. The molecule has 0 aliphatic carbocycles. The lowest BCUT2D eigenvalue weighted by Crippen LogP contribution is -2.46. The first-order valence-corrected chi connectivity index (χ1v) is 6.47. The van der Waals surface area contributed by atoms with E-state index in [0.29, 0.717) is 11.1 Å². The smallest absolute Gasteiger partial charge is 0.271 e. The Bertz CT molecular complexity index is 671. The summed E-state index contributed by atoms with van der Waals surface area (Å²) in [4.78, 5) is 23.5. The third-order valence-corrected chi connectivity index (χ3v) is 2.65. The minimum atomic E-state index is -0.403. The molecule has 0 saturated carbocycles. The molecule has 0 aliphatic heterocycles. The first-order chi connectivity index (χ1) is 10.7. The van der Waals surface area contributed by atoms with Crippen LogP contribution in [0.4, 0.5) is 0 Å². The number of rotatable bonds is 3. The molecule has 0 bridgehead atoms. The van der Waals surface area contributed by atoms with E-state index in [9.17, 15) is 9.59 Å². The zero-order chi connectivity index (χ0) is 15.8. The SMILES string of the molecule is N/C(=N\NC(=O)c1ccccc1)NNC(=O)c1ccccc1. The van der Waals surface area contributed by atoms with Crippen LogP contribution in [0.15, 0.2) is 65.8 Å². The number of hydrogen-bond donors (Lipinski definition) is 4. The van der Waals surface area contributed by atoms with Crippen molar-refractivity contribution >= 4 is 17.8 Å². The van der Waals surface area contributed by atoms with Crippen LogP contribution in [-0.4, -0.2) is 17.8 Å². The second-order valence-corrected chi connectivity index (χ2v) is 4.25. The Morgan fingerprint density at radius 3 is 1.82 bits per heavy atom. The lowest BCUT2D eigenvalue weighted by atomic mass is 10.2. The number of hydrazine groups is 1. The van der Waals surface area contributed by atoms with Gasteiger partial charge in [-0.25, -0.2) is 5.43 Å². The van der Waals surface area contributed by atoms with Crippen molar-refractivity contribution in [2.45, 2.75) is 0 Å². The number of benzene rings is 2. The first kappa shape index (κ1) is 15.0. The van der Waals surface area contributed by atoms with Gasteiger partial charge in [0.15, 0.2) is 0 Å². The third-order valence-electron chi connectivity index (χ3n) is 2.65. The van der Waals surface area contributed by atoms with Crippen LogP contribution >= 0.6 is 0 Å². The van der Waals surface area contributed by atoms with Crippen molar-refractivity contribution in [3.63, 3.8) is 0 Å². The molecule has 0 atom stereocenters. The first-order valence-electron chi connectivity index (χ1n) is 6.47. The van der Waals surface area contributed by atoms with Gasteiger partial charge in [-0.2, -0.15) is 0 Å². The standard InChI is InChI=1S/C15H15N5O2/c16-15(19-17-13(21)11-7-3-1-4-8-11)20-18-14(22)12-9-5-2-6-10-12/h1-10H,(H,17,21)(H,18,22)(H3,16,19,20). The second-order valence-electron chi connectivity index (χ2n) is 4.25. The summed E-state index contributed by atoms with van der Waals surface area (Å²) in [5.74, 6) is -0.915. The van der Waals surface area contributed by atoms with Crippen molar-refractivity contribution in [1.82, 2.24) is 16.3 Å². The van der Waals surface area contributed by atoms with E-state index in [1.54, 1.807) is 60.7 Å². The Morgan fingerprint density at radius 1 is 0.773 bits per heavy atom. The van der Waals surface area contributed by atoms with E-state index in [1.807, 2.05) is 0 Å². The van der Waals surface area contributed by atoms with Crippen LogP contribution in [-0.2, 0) is 0 Å². The summed E-state index contributed by atoms with van der Waals surface area (Å²) in [5, 5.41) is 3.64. The lowest BCUT2D eigenvalue weighted by molar-refractivity contribution is 0.0942. The molecule has 22 heavy (non-hydrogen) atoms. The molecule has 2 aromatic carbocycles. The maximum Gasteiger partial charge on any atom is 0.271 e.